The van der Waals surface area contributed by atoms with Crippen molar-refractivity contribution in [3.05, 3.63) is 31.8 Å². The lowest BCUT2D eigenvalue weighted by Gasteiger charge is -2.12. The number of benzene rings is 1. The molecule has 1 atom stereocenters. The lowest BCUT2D eigenvalue weighted by molar-refractivity contribution is -0.140. The molecule has 5 nitrogen and oxygen atoms in total. The Kier molecular flexibility index (Phi) is 5.34. The molecule has 92 valence electrons. The third kappa shape index (κ3) is 3.93. The van der Waals surface area contributed by atoms with E-state index in [0.717, 1.165) is 4.47 Å². The highest BCUT2D eigenvalue weighted by atomic mass is 127. The van der Waals surface area contributed by atoms with Crippen molar-refractivity contribution in [1.29, 1.82) is 0 Å². The smallest absolute Gasteiger partial charge is 0.328 e. The van der Waals surface area contributed by atoms with Gasteiger partial charge in [-0.25, -0.2) is 4.79 Å². The van der Waals surface area contributed by atoms with Crippen molar-refractivity contribution in [1.82, 2.24) is 5.32 Å². The van der Waals surface area contributed by atoms with Crippen molar-refractivity contribution in [3.8, 4) is 0 Å². The summed E-state index contributed by atoms with van der Waals surface area (Å²) in [5.41, 5.74) is 0.361. The zero-order valence-corrected chi connectivity index (χ0v) is 12.2. The van der Waals surface area contributed by atoms with Crippen LogP contribution in [0.4, 0.5) is 0 Å². The number of carbonyl (C=O) groups is 2. The molecule has 1 rings (SSSR count). The fourth-order valence-corrected chi connectivity index (χ4v) is 2.03. The van der Waals surface area contributed by atoms with Crippen LogP contribution in [0.5, 0.6) is 0 Å². The van der Waals surface area contributed by atoms with Crippen LogP contribution in [0.3, 0.4) is 0 Å². The van der Waals surface area contributed by atoms with E-state index in [9.17, 15) is 9.59 Å². The zero-order valence-electron chi connectivity index (χ0n) is 8.48. The SMILES string of the molecule is O=C(N[C@@H](CO)C(=O)O)c1cc(Br)ccc1I. The van der Waals surface area contributed by atoms with Gasteiger partial charge in [0.05, 0.1) is 12.2 Å². The summed E-state index contributed by atoms with van der Waals surface area (Å²) >= 11 is 5.20. The Morgan fingerprint density at radius 2 is 2.12 bits per heavy atom. The number of hydrogen-bond donors (Lipinski definition) is 3. The Morgan fingerprint density at radius 1 is 1.47 bits per heavy atom. The standard InChI is InChI=1S/C10H9BrINO4/c11-5-1-2-7(12)6(3-5)9(15)13-8(4-14)10(16)17/h1-3,8,14H,4H2,(H,13,15)(H,16,17)/t8-/m0/s1. The maximum absolute atomic E-state index is 11.8. The molecule has 0 radical (unpaired) electrons. The molecule has 0 aromatic heterocycles. The monoisotopic (exact) mass is 413 g/mol. The van der Waals surface area contributed by atoms with E-state index in [1.165, 1.54) is 0 Å². The molecule has 0 heterocycles. The first-order valence-corrected chi connectivity index (χ1v) is 6.42. The number of halogens is 2. The lowest BCUT2D eigenvalue weighted by atomic mass is 10.2. The number of amides is 1. The minimum atomic E-state index is -1.29. The molecule has 0 spiro atoms. The third-order valence-corrected chi connectivity index (χ3v) is 3.39. The van der Waals surface area contributed by atoms with Crippen LogP contribution in [0.25, 0.3) is 0 Å². The molecule has 0 aliphatic heterocycles. The topological polar surface area (TPSA) is 86.6 Å². The molecule has 0 aliphatic rings. The van der Waals surface area contributed by atoms with E-state index in [0.29, 0.717) is 9.13 Å². The summed E-state index contributed by atoms with van der Waals surface area (Å²) in [7, 11) is 0. The molecule has 0 aliphatic carbocycles. The van der Waals surface area contributed by atoms with Gasteiger partial charge in [-0.2, -0.15) is 0 Å². The zero-order chi connectivity index (χ0) is 13.0. The Bertz CT molecular complexity index is 452. The van der Waals surface area contributed by atoms with Crippen LogP contribution >= 0.6 is 38.5 Å². The van der Waals surface area contributed by atoms with Crippen LogP contribution in [-0.4, -0.2) is 34.7 Å². The quantitative estimate of drug-likeness (QED) is 0.648. The van der Waals surface area contributed by atoms with Gasteiger partial charge in [0.1, 0.15) is 0 Å². The molecule has 0 unspecified atom stereocenters. The van der Waals surface area contributed by atoms with Crippen molar-refractivity contribution in [3.63, 3.8) is 0 Å². The van der Waals surface area contributed by atoms with E-state index in [1.807, 2.05) is 22.6 Å². The predicted molar refractivity (Wildman–Crippen MR) is 72.8 cm³/mol. The molecule has 17 heavy (non-hydrogen) atoms. The van der Waals surface area contributed by atoms with Gasteiger partial charge in [0, 0.05) is 8.04 Å². The second-order valence-corrected chi connectivity index (χ2v) is 5.25. The summed E-state index contributed by atoms with van der Waals surface area (Å²) < 4.78 is 1.42. The summed E-state index contributed by atoms with van der Waals surface area (Å²) in [5.74, 6) is -1.80. The molecular formula is C10H9BrINO4. The molecule has 7 heteroatoms. The van der Waals surface area contributed by atoms with E-state index in [2.05, 4.69) is 21.2 Å². The summed E-state index contributed by atoms with van der Waals surface area (Å²) in [6, 6.07) is 3.80. The molecular weight excluding hydrogens is 405 g/mol. The first-order chi connectivity index (χ1) is 7.95. The second-order valence-electron chi connectivity index (χ2n) is 3.17. The highest BCUT2D eigenvalue weighted by molar-refractivity contribution is 14.1. The van der Waals surface area contributed by atoms with Crippen LogP contribution in [0.1, 0.15) is 10.4 Å². The Balaban J connectivity index is 2.89. The average Bonchev–Trinajstić information content (AvgIpc) is 2.28. The molecule has 1 amide bonds. The van der Waals surface area contributed by atoms with Crippen LogP contribution in [0.2, 0.25) is 0 Å². The number of aliphatic carboxylic acids is 1. The number of aliphatic hydroxyl groups excluding tert-OH is 1. The second kappa shape index (κ2) is 6.31. The van der Waals surface area contributed by atoms with Crippen molar-refractivity contribution >= 4 is 50.4 Å². The first-order valence-electron chi connectivity index (χ1n) is 4.55. The first kappa shape index (κ1) is 14.4. The number of hydrogen-bond acceptors (Lipinski definition) is 3. The van der Waals surface area contributed by atoms with Crippen molar-refractivity contribution in [2.45, 2.75) is 6.04 Å². The minimum absolute atomic E-state index is 0.361. The summed E-state index contributed by atoms with van der Waals surface area (Å²) in [5, 5.41) is 19.8. The molecule has 0 bridgehead atoms. The average molecular weight is 414 g/mol. The van der Waals surface area contributed by atoms with Crippen LogP contribution < -0.4 is 5.32 Å². The molecule has 3 N–H and O–H groups in total. The number of carbonyl (C=O) groups excluding carboxylic acids is 1. The minimum Gasteiger partial charge on any atom is -0.480 e. The van der Waals surface area contributed by atoms with Gasteiger partial charge >= 0.3 is 5.97 Å². The highest BCUT2D eigenvalue weighted by Gasteiger charge is 2.20. The Morgan fingerprint density at radius 3 is 2.65 bits per heavy atom. The maximum Gasteiger partial charge on any atom is 0.328 e. The van der Waals surface area contributed by atoms with Gasteiger partial charge < -0.3 is 15.5 Å². The highest BCUT2D eigenvalue weighted by Crippen LogP contribution is 2.18. The van der Waals surface area contributed by atoms with E-state index >= 15 is 0 Å². The fourth-order valence-electron chi connectivity index (χ4n) is 1.09. The molecule has 1 aromatic rings. The van der Waals surface area contributed by atoms with Gasteiger partial charge in [-0.05, 0) is 40.8 Å². The number of carboxylic acid groups (broad SMARTS) is 1. The molecule has 1 aromatic carbocycles. The summed E-state index contributed by atoms with van der Waals surface area (Å²) in [6.07, 6.45) is 0. The largest absolute Gasteiger partial charge is 0.480 e. The van der Waals surface area contributed by atoms with Gasteiger partial charge in [-0.1, -0.05) is 15.9 Å². The van der Waals surface area contributed by atoms with E-state index in [1.54, 1.807) is 18.2 Å². The fraction of sp³-hybridized carbons (Fsp3) is 0.200. The molecule has 0 fully saturated rings. The van der Waals surface area contributed by atoms with Gasteiger partial charge in [0.15, 0.2) is 6.04 Å². The predicted octanol–water partition coefficient (Wildman–Crippen LogP) is 1.23. The third-order valence-electron chi connectivity index (χ3n) is 1.96. The van der Waals surface area contributed by atoms with Crippen LogP contribution in [0.15, 0.2) is 22.7 Å². The van der Waals surface area contributed by atoms with Crippen molar-refractivity contribution in [2.24, 2.45) is 0 Å². The maximum atomic E-state index is 11.8. The molecule has 0 saturated heterocycles. The number of rotatable bonds is 4. The van der Waals surface area contributed by atoms with Gasteiger partial charge in [-0.15, -0.1) is 0 Å². The van der Waals surface area contributed by atoms with E-state index in [-0.39, 0.29) is 0 Å². The Hall–Kier alpha value is -0.670. The van der Waals surface area contributed by atoms with E-state index < -0.39 is 24.5 Å². The Labute approximate surface area is 119 Å². The van der Waals surface area contributed by atoms with Gasteiger partial charge in [0.2, 0.25) is 0 Å². The summed E-state index contributed by atoms with van der Waals surface area (Å²) in [6.45, 7) is -0.647. The van der Waals surface area contributed by atoms with Crippen LogP contribution in [0, 0.1) is 3.57 Å². The number of nitrogens with one attached hydrogen (secondary N) is 1. The number of carboxylic acids is 1. The van der Waals surface area contributed by atoms with Gasteiger partial charge in [0.25, 0.3) is 5.91 Å². The van der Waals surface area contributed by atoms with Crippen molar-refractivity contribution < 1.29 is 19.8 Å². The normalized spacial score (nSPS) is 11.9. The van der Waals surface area contributed by atoms with Gasteiger partial charge in [-0.3, -0.25) is 4.79 Å². The molecule has 0 saturated carbocycles. The number of aliphatic hydroxyl groups is 1. The van der Waals surface area contributed by atoms with Crippen molar-refractivity contribution in [2.75, 3.05) is 6.61 Å². The summed E-state index contributed by atoms with van der Waals surface area (Å²) in [4.78, 5) is 22.4. The van der Waals surface area contributed by atoms with Crippen LogP contribution in [-0.2, 0) is 4.79 Å². The van der Waals surface area contributed by atoms with E-state index in [4.69, 9.17) is 10.2 Å². The lowest BCUT2D eigenvalue weighted by Crippen LogP contribution is -2.43.